The van der Waals surface area contributed by atoms with Gasteiger partial charge in [0.15, 0.2) is 0 Å². The van der Waals surface area contributed by atoms with Gasteiger partial charge in [-0.3, -0.25) is 4.79 Å². The summed E-state index contributed by atoms with van der Waals surface area (Å²) in [6, 6.07) is 0.175. The van der Waals surface area contributed by atoms with Crippen molar-refractivity contribution in [1.82, 2.24) is 5.32 Å². The summed E-state index contributed by atoms with van der Waals surface area (Å²) < 4.78 is 5.48. The van der Waals surface area contributed by atoms with Crippen LogP contribution in [0.1, 0.15) is 32.6 Å². The molecule has 2 atom stereocenters. The average molecular weight is 200 g/mol. The van der Waals surface area contributed by atoms with Crippen LogP contribution in [0.2, 0.25) is 0 Å². The van der Waals surface area contributed by atoms with E-state index in [4.69, 9.17) is 10.5 Å². The number of nitrogens with one attached hydrogen (secondary N) is 1. The van der Waals surface area contributed by atoms with Crippen LogP contribution in [0.15, 0.2) is 0 Å². The molecule has 14 heavy (non-hydrogen) atoms. The van der Waals surface area contributed by atoms with E-state index < -0.39 is 0 Å². The van der Waals surface area contributed by atoms with Crippen LogP contribution >= 0.6 is 0 Å². The molecule has 1 fully saturated rings. The number of ether oxygens (including phenoxy) is 1. The summed E-state index contributed by atoms with van der Waals surface area (Å²) in [4.78, 5) is 10.6. The lowest BCUT2D eigenvalue weighted by Crippen LogP contribution is -2.32. The van der Waals surface area contributed by atoms with E-state index in [0.717, 1.165) is 19.6 Å². The zero-order valence-electron chi connectivity index (χ0n) is 8.79. The molecule has 0 spiro atoms. The van der Waals surface area contributed by atoms with Crippen molar-refractivity contribution in [3.05, 3.63) is 0 Å². The van der Waals surface area contributed by atoms with Crippen molar-refractivity contribution in [2.24, 2.45) is 5.73 Å². The van der Waals surface area contributed by atoms with Gasteiger partial charge in [0.1, 0.15) is 0 Å². The number of hydrogen-bond donors (Lipinski definition) is 2. The molecule has 1 aliphatic rings. The van der Waals surface area contributed by atoms with E-state index in [0.29, 0.717) is 12.5 Å². The molecule has 0 unspecified atom stereocenters. The fourth-order valence-electron chi connectivity index (χ4n) is 1.74. The summed E-state index contributed by atoms with van der Waals surface area (Å²) in [6.45, 7) is 3.78. The number of carbonyl (C=O) groups excluding carboxylic acids is 1. The average Bonchev–Trinajstić information content (AvgIpc) is 2.55. The van der Waals surface area contributed by atoms with Crippen LogP contribution in [0.4, 0.5) is 0 Å². The van der Waals surface area contributed by atoms with Gasteiger partial charge in [0.25, 0.3) is 0 Å². The Hall–Kier alpha value is -0.610. The van der Waals surface area contributed by atoms with Crippen LogP contribution in [0.25, 0.3) is 0 Å². The fourth-order valence-corrected chi connectivity index (χ4v) is 1.74. The molecule has 82 valence electrons. The Labute approximate surface area is 85.2 Å². The first-order valence-corrected chi connectivity index (χ1v) is 5.32. The summed E-state index contributed by atoms with van der Waals surface area (Å²) in [6.07, 6.45) is 4.21. The number of hydrogen-bond acceptors (Lipinski definition) is 3. The second kappa shape index (κ2) is 5.98. The molecule has 1 saturated heterocycles. The maximum Gasteiger partial charge on any atom is 0.218 e. The van der Waals surface area contributed by atoms with Crippen molar-refractivity contribution >= 4 is 5.91 Å². The third-order valence-electron chi connectivity index (χ3n) is 2.49. The molecule has 3 N–H and O–H groups in total. The van der Waals surface area contributed by atoms with Crippen LogP contribution in [0.3, 0.4) is 0 Å². The lowest BCUT2D eigenvalue weighted by molar-refractivity contribution is -0.118. The molecule has 0 saturated carbocycles. The van der Waals surface area contributed by atoms with Gasteiger partial charge >= 0.3 is 0 Å². The van der Waals surface area contributed by atoms with E-state index in [1.54, 1.807) is 0 Å². The first-order chi connectivity index (χ1) is 6.68. The predicted molar refractivity (Wildman–Crippen MR) is 54.9 cm³/mol. The van der Waals surface area contributed by atoms with Gasteiger partial charge in [-0.25, -0.2) is 0 Å². The Balaban J connectivity index is 1.99. The summed E-state index contributed by atoms with van der Waals surface area (Å²) in [5.74, 6) is -0.248. The molecule has 0 aromatic rings. The first-order valence-electron chi connectivity index (χ1n) is 5.32. The fraction of sp³-hybridized carbons (Fsp3) is 0.900. The minimum absolute atomic E-state index is 0.175. The SMILES string of the molecule is C[C@@H](CC(N)=O)NCC[C@@H]1CCCO1. The molecule has 0 bridgehead atoms. The summed E-state index contributed by atoms with van der Waals surface area (Å²) in [5.41, 5.74) is 5.08. The van der Waals surface area contributed by atoms with Gasteiger partial charge in [-0.2, -0.15) is 0 Å². The van der Waals surface area contributed by atoms with Crippen LogP contribution in [-0.4, -0.2) is 31.2 Å². The topological polar surface area (TPSA) is 64.4 Å². The largest absolute Gasteiger partial charge is 0.378 e. The number of carbonyl (C=O) groups is 1. The molecule has 0 aromatic carbocycles. The lowest BCUT2D eigenvalue weighted by Gasteiger charge is -2.14. The summed E-state index contributed by atoms with van der Waals surface area (Å²) >= 11 is 0. The van der Waals surface area contributed by atoms with Crippen molar-refractivity contribution in [3.8, 4) is 0 Å². The molecule has 4 heteroatoms. The quantitative estimate of drug-likeness (QED) is 0.652. The Morgan fingerprint density at radius 1 is 1.71 bits per heavy atom. The van der Waals surface area contributed by atoms with Gasteiger partial charge in [0.2, 0.25) is 5.91 Å². The maximum absolute atomic E-state index is 10.6. The smallest absolute Gasteiger partial charge is 0.218 e. The van der Waals surface area contributed by atoms with E-state index in [1.807, 2.05) is 6.92 Å². The second-order valence-corrected chi connectivity index (χ2v) is 3.95. The minimum atomic E-state index is -0.248. The van der Waals surface area contributed by atoms with Crippen molar-refractivity contribution < 1.29 is 9.53 Å². The highest BCUT2D eigenvalue weighted by molar-refractivity contribution is 5.74. The molecule has 0 aliphatic carbocycles. The highest BCUT2D eigenvalue weighted by Crippen LogP contribution is 2.14. The van der Waals surface area contributed by atoms with Crippen molar-refractivity contribution in [2.45, 2.75) is 44.8 Å². The zero-order valence-corrected chi connectivity index (χ0v) is 8.79. The van der Waals surface area contributed by atoms with Gasteiger partial charge < -0.3 is 15.8 Å². The first kappa shape index (κ1) is 11.5. The van der Waals surface area contributed by atoms with Gasteiger partial charge in [-0.1, -0.05) is 0 Å². The van der Waals surface area contributed by atoms with Crippen LogP contribution < -0.4 is 11.1 Å². The molecule has 1 aliphatic heterocycles. The standard InChI is InChI=1S/C10H20N2O2/c1-8(7-10(11)13)12-5-4-9-3-2-6-14-9/h8-9,12H,2-7H2,1H3,(H2,11,13)/t8-,9-/m0/s1. The van der Waals surface area contributed by atoms with E-state index in [2.05, 4.69) is 5.32 Å². The molecule has 0 aromatic heterocycles. The third-order valence-corrected chi connectivity index (χ3v) is 2.49. The van der Waals surface area contributed by atoms with E-state index in [9.17, 15) is 4.79 Å². The summed E-state index contributed by atoms with van der Waals surface area (Å²) in [5, 5.41) is 3.26. The van der Waals surface area contributed by atoms with Gasteiger partial charge in [0, 0.05) is 19.1 Å². The highest BCUT2D eigenvalue weighted by atomic mass is 16.5. The Morgan fingerprint density at radius 2 is 2.50 bits per heavy atom. The van der Waals surface area contributed by atoms with Crippen LogP contribution in [0, 0.1) is 0 Å². The van der Waals surface area contributed by atoms with Crippen molar-refractivity contribution in [1.29, 1.82) is 0 Å². The molecular weight excluding hydrogens is 180 g/mol. The third kappa shape index (κ3) is 4.58. The Morgan fingerprint density at radius 3 is 3.07 bits per heavy atom. The number of primary amides is 1. The van der Waals surface area contributed by atoms with Gasteiger partial charge in [-0.15, -0.1) is 0 Å². The monoisotopic (exact) mass is 200 g/mol. The number of nitrogens with two attached hydrogens (primary N) is 1. The molecular formula is C10H20N2O2. The van der Waals surface area contributed by atoms with E-state index >= 15 is 0 Å². The molecule has 4 nitrogen and oxygen atoms in total. The Kier molecular flexibility index (Phi) is 4.90. The van der Waals surface area contributed by atoms with Gasteiger partial charge in [0.05, 0.1) is 6.10 Å². The molecule has 0 radical (unpaired) electrons. The van der Waals surface area contributed by atoms with E-state index in [-0.39, 0.29) is 11.9 Å². The predicted octanol–water partition coefficient (Wildman–Crippen LogP) is 0.409. The maximum atomic E-state index is 10.6. The van der Waals surface area contributed by atoms with Crippen LogP contribution in [-0.2, 0) is 9.53 Å². The lowest BCUT2D eigenvalue weighted by atomic mass is 10.1. The molecule has 1 heterocycles. The van der Waals surface area contributed by atoms with Crippen LogP contribution in [0.5, 0.6) is 0 Å². The second-order valence-electron chi connectivity index (χ2n) is 3.95. The Bertz CT molecular complexity index is 179. The molecule has 1 rings (SSSR count). The normalized spacial score (nSPS) is 23.6. The molecule has 1 amide bonds. The number of amides is 1. The zero-order chi connectivity index (χ0) is 10.4. The minimum Gasteiger partial charge on any atom is -0.378 e. The van der Waals surface area contributed by atoms with E-state index in [1.165, 1.54) is 12.8 Å². The summed E-state index contributed by atoms with van der Waals surface area (Å²) in [7, 11) is 0. The van der Waals surface area contributed by atoms with Gasteiger partial charge in [-0.05, 0) is 32.7 Å². The van der Waals surface area contributed by atoms with Crippen molar-refractivity contribution in [3.63, 3.8) is 0 Å². The number of rotatable bonds is 6. The highest BCUT2D eigenvalue weighted by Gasteiger charge is 2.15. The van der Waals surface area contributed by atoms with Crippen molar-refractivity contribution in [2.75, 3.05) is 13.2 Å².